The first kappa shape index (κ1) is 46.9. The summed E-state index contributed by atoms with van der Waals surface area (Å²) in [4.78, 5) is 13.4. The third-order valence-electron chi connectivity index (χ3n) is 10.7. The number of nitrogens with one attached hydrogen (secondary N) is 1. The molecule has 6 heteroatoms. The minimum Gasteiger partial charge on any atom is -0.492 e. The van der Waals surface area contributed by atoms with Crippen molar-refractivity contribution >= 4 is 17.5 Å². The van der Waals surface area contributed by atoms with E-state index in [0.29, 0.717) is 36.1 Å². The van der Waals surface area contributed by atoms with Crippen molar-refractivity contribution in [3.8, 4) is 11.5 Å². The number of nitrogens with zero attached hydrogens (tertiary/aromatic N) is 1. The van der Waals surface area contributed by atoms with Crippen molar-refractivity contribution in [1.29, 1.82) is 0 Å². The average Bonchev–Trinajstić information content (AvgIpc) is 3.16. The van der Waals surface area contributed by atoms with Gasteiger partial charge in [-0.15, -0.1) is 0 Å². The molecule has 0 fully saturated rings. The number of pyridine rings is 1. The van der Waals surface area contributed by atoms with E-state index in [4.69, 9.17) is 21.1 Å². The number of hydrogen-bond donors (Lipinski definition) is 1. The number of carbonyl (C=O) groups excluding carboxylic acids is 1. The molecule has 1 aromatic heterocycles. The zero-order chi connectivity index (χ0) is 38.0. The van der Waals surface area contributed by atoms with E-state index < -0.39 is 6.10 Å². The summed E-state index contributed by atoms with van der Waals surface area (Å²) in [6, 6.07) is 11.6. The lowest BCUT2D eigenvalue weighted by Gasteiger charge is -2.19. The van der Waals surface area contributed by atoms with E-state index in [1.165, 1.54) is 161 Å². The van der Waals surface area contributed by atoms with Crippen molar-refractivity contribution in [3.63, 3.8) is 0 Å². The number of benzene rings is 1. The molecule has 1 aromatic carbocycles. The monoisotopic (exact) mass is 756 g/mol. The Bertz CT molecular complexity index is 1160. The van der Waals surface area contributed by atoms with E-state index in [0.717, 1.165) is 25.0 Å². The third-order valence-corrected chi connectivity index (χ3v) is 11.0. The Labute approximate surface area is 331 Å². The van der Waals surface area contributed by atoms with Crippen molar-refractivity contribution < 1.29 is 18.8 Å². The molecular formula is C47H80ClN2O3+. The zero-order valence-electron chi connectivity index (χ0n) is 34.6. The minimum atomic E-state index is -0.570. The van der Waals surface area contributed by atoms with Crippen LogP contribution in [0, 0.1) is 0 Å². The summed E-state index contributed by atoms with van der Waals surface area (Å²) in [6.07, 6.45) is 39.2. The van der Waals surface area contributed by atoms with Crippen LogP contribution in [-0.4, -0.2) is 18.6 Å². The molecule has 1 atom stereocenters. The Kier molecular flexibility index (Phi) is 29.3. The summed E-state index contributed by atoms with van der Waals surface area (Å²) in [5.41, 5.74) is 1.04. The fourth-order valence-corrected chi connectivity index (χ4v) is 7.34. The summed E-state index contributed by atoms with van der Waals surface area (Å²) in [5.74, 6) is 1.20. The highest BCUT2D eigenvalue weighted by molar-refractivity contribution is 6.32. The van der Waals surface area contributed by atoms with E-state index >= 15 is 0 Å². The molecule has 0 bridgehead atoms. The van der Waals surface area contributed by atoms with Crippen LogP contribution in [0.3, 0.4) is 0 Å². The molecule has 0 aliphatic carbocycles. The van der Waals surface area contributed by atoms with Crippen molar-refractivity contribution in [2.75, 3.05) is 6.61 Å². The van der Waals surface area contributed by atoms with Gasteiger partial charge in [0.2, 0.25) is 0 Å². The number of amides is 1. The SMILES string of the molecule is CCCCCCCCCCCCCCCCOc1ccc(OC(CCCCCCCCCCCCCCCC)C(=O)NCc2cccc[n+]2C)cc1Cl. The Morgan fingerprint density at radius 1 is 0.642 bits per heavy atom. The topological polar surface area (TPSA) is 51.4 Å². The average molecular weight is 757 g/mol. The van der Waals surface area contributed by atoms with Gasteiger partial charge in [0.15, 0.2) is 18.0 Å². The molecule has 53 heavy (non-hydrogen) atoms. The van der Waals surface area contributed by atoms with Gasteiger partial charge in [-0.25, -0.2) is 4.57 Å². The number of hydrogen-bond acceptors (Lipinski definition) is 3. The van der Waals surface area contributed by atoms with Gasteiger partial charge in [-0.2, -0.15) is 0 Å². The second-order valence-electron chi connectivity index (χ2n) is 15.5. The summed E-state index contributed by atoms with van der Waals surface area (Å²) >= 11 is 6.65. The Morgan fingerprint density at radius 3 is 1.58 bits per heavy atom. The maximum absolute atomic E-state index is 13.4. The molecule has 0 spiro atoms. The summed E-state index contributed by atoms with van der Waals surface area (Å²) in [6.45, 7) is 5.69. The molecule has 1 unspecified atom stereocenters. The molecule has 1 heterocycles. The van der Waals surface area contributed by atoms with E-state index in [9.17, 15) is 4.79 Å². The zero-order valence-corrected chi connectivity index (χ0v) is 35.3. The Morgan fingerprint density at radius 2 is 1.11 bits per heavy atom. The molecule has 0 aliphatic rings. The first-order valence-electron chi connectivity index (χ1n) is 22.3. The number of carbonyl (C=O) groups is 1. The molecule has 302 valence electrons. The third kappa shape index (κ3) is 24.7. The second-order valence-corrected chi connectivity index (χ2v) is 16.0. The predicted octanol–water partition coefficient (Wildman–Crippen LogP) is 14.0. The molecule has 1 amide bonds. The van der Waals surface area contributed by atoms with E-state index in [2.05, 4.69) is 19.2 Å². The van der Waals surface area contributed by atoms with Crippen LogP contribution in [0.1, 0.15) is 206 Å². The van der Waals surface area contributed by atoms with Crippen LogP contribution >= 0.6 is 11.6 Å². The number of unbranched alkanes of at least 4 members (excludes halogenated alkanes) is 26. The number of ether oxygens (including phenoxy) is 2. The van der Waals surface area contributed by atoms with Crippen LogP contribution in [0.4, 0.5) is 0 Å². The lowest BCUT2D eigenvalue weighted by molar-refractivity contribution is -0.679. The number of halogens is 1. The van der Waals surface area contributed by atoms with Crippen LogP contribution in [0.15, 0.2) is 42.6 Å². The van der Waals surface area contributed by atoms with Crippen LogP contribution in [0.25, 0.3) is 0 Å². The summed E-state index contributed by atoms with van der Waals surface area (Å²) in [5, 5.41) is 3.64. The van der Waals surface area contributed by atoms with Crippen molar-refractivity contribution in [1.82, 2.24) is 5.32 Å². The normalized spacial score (nSPS) is 11.8. The van der Waals surface area contributed by atoms with E-state index in [-0.39, 0.29) is 5.91 Å². The van der Waals surface area contributed by atoms with Crippen LogP contribution in [0.5, 0.6) is 11.5 Å². The second kappa shape index (κ2) is 33.1. The van der Waals surface area contributed by atoms with Gasteiger partial charge in [-0.05, 0) is 31.4 Å². The molecule has 2 aromatic rings. The number of aryl methyl sites for hydroxylation is 1. The van der Waals surface area contributed by atoms with Crippen LogP contribution < -0.4 is 19.4 Å². The summed E-state index contributed by atoms with van der Waals surface area (Å²) < 4.78 is 14.4. The summed E-state index contributed by atoms with van der Waals surface area (Å²) in [7, 11) is 2.00. The minimum absolute atomic E-state index is 0.0854. The van der Waals surface area contributed by atoms with Gasteiger partial charge in [-0.1, -0.05) is 198 Å². The fourth-order valence-electron chi connectivity index (χ4n) is 7.12. The maximum Gasteiger partial charge on any atom is 0.261 e. The van der Waals surface area contributed by atoms with Gasteiger partial charge >= 0.3 is 0 Å². The lowest BCUT2D eigenvalue weighted by atomic mass is 10.0. The van der Waals surface area contributed by atoms with Gasteiger partial charge < -0.3 is 14.8 Å². The van der Waals surface area contributed by atoms with E-state index in [1.807, 2.05) is 48.1 Å². The van der Waals surface area contributed by atoms with Gasteiger partial charge in [0.05, 0.1) is 11.6 Å². The van der Waals surface area contributed by atoms with Gasteiger partial charge in [0.25, 0.3) is 5.91 Å². The molecule has 0 saturated heterocycles. The highest BCUT2D eigenvalue weighted by Crippen LogP contribution is 2.30. The fraction of sp³-hybridized carbons (Fsp3) is 0.745. The molecule has 1 N–H and O–H groups in total. The first-order valence-corrected chi connectivity index (χ1v) is 22.7. The van der Waals surface area contributed by atoms with Crippen molar-refractivity contribution in [2.45, 2.75) is 213 Å². The van der Waals surface area contributed by atoms with Crippen LogP contribution in [0.2, 0.25) is 5.02 Å². The maximum atomic E-state index is 13.4. The molecule has 0 saturated carbocycles. The smallest absolute Gasteiger partial charge is 0.261 e. The molecule has 0 radical (unpaired) electrons. The van der Waals surface area contributed by atoms with Crippen molar-refractivity contribution in [2.24, 2.45) is 7.05 Å². The lowest BCUT2D eigenvalue weighted by Crippen LogP contribution is -2.42. The highest BCUT2D eigenvalue weighted by Gasteiger charge is 2.22. The first-order chi connectivity index (χ1) is 26.0. The van der Waals surface area contributed by atoms with Crippen molar-refractivity contribution in [3.05, 3.63) is 53.3 Å². The van der Waals surface area contributed by atoms with E-state index in [1.54, 1.807) is 6.07 Å². The Balaban J connectivity index is 1.68. The Hall–Kier alpha value is -2.27. The molecular weight excluding hydrogens is 676 g/mol. The predicted molar refractivity (Wildman–Crippen MR) is 226 cm³/mol. The highest BCUT2D eigenvalue weighted by atomic mass is 35.5. The van der Waals surface area contributed by atoms with Crippen LogP contribution in [-0.2, 0) is 18.4 Å². The van der Waals surface area contributed by atoms with Gasteiger partial charge in [-0.3, -0.25) is 4.79 Å². The number of aromatic nitrogens is 1. The van der Waals surface area contributed by atoms with Gasteiger partial charge in [0.1, 0.15) is 25.1 Å². The molecule has 2 rings (SSSR count). The standard InChI is InChI=1S/C47H79ClN2O3/c1-4-6-8-10-12-14-16-18-20-22-24-26-28-30-35-46(47(51)49-41-42-34-31-32-38-50(42)3)53-43-36-37-45(44(48)40-43)52-39-33-29-27-25-23-21-19-17-15-13-11-9-7-5-2/h31-32,34,36-38,40,46H,4-30,33,35,39,41H2,1-3H3/p+1. The largest absolute Gasteiger partial charge is 0.492 e. The number of rotatable bonds is 36. The quantitative estimate of drug-likeness (QED) is 0.0556. The van der Waals surface area contributed by atoms with Gasteiger partial charge in [0, 0.05) is 18.2 Å². The molecule has 0 aliphatic heterocycles. The molecule has 5 nitrogen and oxygen atoms in total.